The van der Waals surface area contributed by atoms with Crippen LogP contribution in [-0.4, -0.2) is 38.6 Å². The van der Waals surface area contributed by atoms with Crippen LogP contribution >= 0.6 is 0 Å². The van der Waals surface area contributed by atoms with E-state index < -0.39 is 12.0 Å². The Hall–Kier alpha value is -3.55. The van der Waals surface area contributed by atoms with Crippen molar-refractivity contribution >= 4 is 23.4 Å². The summed E-state index contributed by atoms with van der Waals surface area (Å²) in [6.45, 7) is 2.69. The molecule has 2 fully saturated rings. The minimum atomic E-state index is -0.820. The highest BCUT2D eigenvalue weighted by atomic mass is 19.1. The maximum absolute atomic E-state index is 13.9. The Morgan fingerprint density at radius 2 is 1.97 bits per heavy atom. The van der Waals surface area contributed by atoms with E-state index in [4.69, 9.17) is 0 Å². The molecule has 1 aliphatic heterocycles. The third-order valence-corrected chi connectivity index (χ3v) is 5.75. The number of nitrogens with zero attached hydrogens (tertiary/aromatic N) is 4. The van der Waals surface area contributed by atoms with Crippen molar-refractivity contribution in [2.24, 2.45) is 0 Å². The monoisotopic (exact) mass is 419 g/mol. The average Bonchev–Trinajstić information content (AvgIpc) is 3.53. The number of anilines is 3. The molecule has 5 rings (SSSR count). The topological polar surface area (TPSA) is 91.2 Å². The summed E-state index contributed by atoms with van der Waals surface area (Å²) < 4.78 is 13.9. The summed E-state index contributed by atoms with van der Waals surface area (Å²) in [5.41, 5.74) is 4.21. The van der Waals surface area contributed by atoms with E-state index in [0.717, 1.165) is 35.2 Å². The van der Waals surface area contributed by atoms with Gasteiger partial charge in [-0.15, -0.1) is 0 Å². The fraction of sp³-hybridized carbons (Fsp3) is 0.304. The zero-order valence-corrected chi connectivity index (χ0v) is 17.0. The van der Waals surface area contributed by atoms with Crippen LogP contribution in [0.25, 0.3) is 11.1 Å². The van der Waals surface area contributed by atoms with Crippen molar-refractivity contribution in [3.8, 4) is 11.1 Å². The molecule has 2 aliphatic rings. The lowest BCUT2D eigenvalue weighted by molar-refractivity contribution is -0.140. The molecule has 1 aromatic carbocycles. The first-order valence-corrected chi connectivity index (χ1v) is 10.3. The number of carboxylic acid groups (broad SMARTS) is 1. The van der Waals surface area contributed by atoms with Crippen molar-refractivity contribution in [2.45, 2.75) is 38.1 Å². The van der Waals surface area contributed by atoms with Crippen molar-refractivity contribution in [1.29, 1.82) is 0 Å². The first kappa shape index (κ1) is 19.4. The zero-order valence-electron chi connectivity index (χ0n) is 17.0. The van der Waals surface area contributed by atoms with E-state index in [0.29, 0.717) is 30.4 Å². The van der Waals surface area contributed by atoms with Gasteiger partial charge in [-0.2, -0.15) is 0 Å². The lowest BCUT2D eigenvalue weighted by Gasteiger charge is -2.38. The molecule has 3 heterocycles. The standard InChI is InChI=1S/C23H22FN5O2/c1-13-8-16(15-4-5-20(25-11-15)29-7-6-19(29)22(30)31)10-17(9-13)27-23-26-12-18(24)21(28-23)14-2-3-14/h4-5,8-12,14,19H,2-3,6-7H2,1H3,(H,30,31)(H,26,27,28)/t19-/m0/s1. The number of aliphatic carboxylic acids is 1. The van der Waals surface area contributed by atoms with Crippen molar-refractivity contribution in [2.75, 3.05) is 16.8 Å². The van der Waals surface area contributed by atoms with Crippen LogP contribution in [0.3, 0.4) is 0 Å². The van der Waals surface area contributed by atoms with Crippen LogP contribution in [0.2, 0.25) is 0 Å². The van der Waals surface area contributed by atoms with Gasteiger partial charge in [0, 0.05) is 29.9 Å². The summed E-state index contributed by atoms with van der Waals surface area (Å²) in [7, 11) is 0. The molecule has 8 heteroatoms. The maximum Gasteiger partial charge on any atom is 0.326 e. The number of aryl methyl sites for hydroxylation is 1. The summed E-state index contributed by atoms with van der Waals surface area (Å²) in [6, 6.07) is 9.29. The lowest BCUT2D eigenvalue weighted by Crippen LogP contribution is -2.52. The van der Waals surface area contributed by atoms with Gasteiger partial charge < -0.3 is 15.3 Å². The molecular weight excluding hydrogens is 397 g/mol. The zero-order chi connectivity index (χ0) is 21.5. The van der Waals surface area contributed by atoms with Crippen molar-refractivity contribution in [3.63, 3.8) is 0 Å². The molecule has 0 spiro atoms. The van der Waals surface area contributed by atoms with Crippen molar-refractivity contribution in [3.05, 3.63) is 59.8 Å². The third kappa shape index (κ3) is 3.93. The SMILES string of the molecule is Cc1cc(Nc2ncc(F)c(C3CC3)n2)cc(-c2ccc(N3CC[C@H]3C(=O)O)nc2)c1. The average molecular weight is 419 g/mol. The Kier molecular flexibility index (Phi) is 4.77. The fourth-order valence-corrected chi connectivity index (χ4v) is 3.88. The predicted octanol–water partition coefficient (Wildman–Crippen LogP) is 4.27. The van der Waals surface area contributed by atoms with E-state index >= 15 is 0 Å². The van der Waals surface area contributed by atoms with Gasteiger partial charge >= 0.3 is 5.97 Å². The first-order valence-electron chi connectivity index (χ1n) is 10.3. The number of nitrogens with one attached hydrogen (secondary N) is 1. The Morgan fingerprint density at radius 3 is 2.61 bits per heavy atom. The summed E-state index contributed by atoms with van der Waals surface area (Å²) in [4.78, 5) is 26.0. The molecule has 2 N–H and O–H groups in total. The highest BCUT2D eigenvalue weighted by Gasteiger charge is 2.34. The number of hydrogen-bond donors (Lipinski definition) is 2. The van der Waals surface area contributed by atoms with Gasteiger partial charge in [-0.1, -0.05) is 6.07 Å². The highest BCUT2D eigenvalue weighted by molar-refractivity contribution is 5.80. The highest BCUT2D eigenvalue weighted by Crippen LogP contribution is 2.40. The van der Waals surface area contributed by atoms with Crippen molar-refractivity contribution < 1.29 is 14.3 Å². The van der Waals surface area contributed by atoms with Crippen molar-refractivity contribution in [1.82, 2.24) is 15.0 Å². The number of rotatable bonds is 6. The van der Waals surface area contributed by atoms with Gasteiger partial charge in [0.15, 0.2) is 5.82 Å². The number of pyridine rings is 1. The van der Waals surface area contributed by atoms with Gasteiger partial charge in [0.2, 0.25) is 5.95 Å². The summed E-state index contributed by atoms with van der Waals surface area (Å²) in [6.07, 6.45) is 5.55. The molecule has 1 atom stereocenters. The quantitative estimate of drug-likeness (QED) is 0.616. The largest absolute Gasteiger partial charge is 0.480 e. The Morgan fingerprint density at radius 1 is 1.13 bits per heavy atom. The van der Waals surface area contributed by atoms with E-state index in [-0.39, 0.29) is 11.7 Å². The number of carbonyl (C=O) groups is 1. The Bertz CT molecular complexity index is 1150. The maximum atomic E-state index is 13.9. The Labute approximate surface area is 179 Å². The van der Waals surface area contributed by atoms with Gasteiger partial charge in [-0.25, -0.2) is 24.1 Å². The number of aromatic nitrogens is 3. The van der Waals surface area contributed by atoms with Crippen LogP contribution < -0.4 is 10.2 Å². The summed E-state index contributed by atoms with van der Waals surface area (Å²) >= 11 is 0. The third-order valence-electron chi connectivity index (χ3n) is 5.75. The van der Waals surface area contributed by atoms with Gasteiger partial charge in [0.25, 0.3) is 0 Å². The number of halogens is 1. The fourth-order valence-electron chi connectivity index (χ4n) is 3.88. The van der Waals surface area contributed by atoms with Gasteiger partial charge in [-0.05, 0) is 61.6 Å². The molecule has 2 aromatic heterocycles. The molecule has 0 bridgehead atoms. The van der Waals surface area contributed by atoms with Crippen LogP contribution in [0.1, 0.15) is 36.4 Å². The molecule has 7 nitrogen and oxygen atoms in total. The number of hydrogen-bond acceptors (Lipinski definition) is 6. The number of benzene rings is 1. The molecule has 31 heavy (non-hydrogen) atoms. The number of carboxylic acids is 1. The van der Waals surface area contributed by atoms with Gasteiger partial charge in [0.1, 0.15) is 11.9 Å². The molecule has 158 valence electrons. The van der Waals surface area contributed by atoms with E-state index in [9.17, 15) is 14.3 Å². The molecular formula is C23H22FN5O2. The van der Waals surface area contributed by atoms with E-state index in [1.54, 1.807) is 11.1 Å². The van der Waals surface area contributed by atoms with Gasteiger partial charge in [-0.3, -0.25) is 0 Å². The van der Waals surface area contributed by atoms with E-state index in [1.807, 2.05) is 37.3 Å². The molecule has 1 saturated carbocycles. The Balaban J connectivity index is 1.37. The molecule has 1 saturated heterocycles. The normalized spacial score (nSPS) is 17.9. The molecule has 3 aromatic rings. The summed E-state index contributed by atoms with van der Waals surface area (Å²) in [5.74, 6) is 0.0794. The second-order valence-corrected chi connectivity index (χ2v) is 8.15. The minimum Gasteiger partial charge on any atom is -0.480 e. The van der Waals surface area contributed by atoms with Crippen LogP contribution in [-0.2, 0) is 4.79 Å². The second-order valence-electron chi connectivity index (χ2n) is 8.15. The van der Waals surface area contributed by atoms with E-state index in [2.05, 4.69) is 20.3 Å². The minimum absolute atomic E-state index is 0.202. The van der Waals surface area contributed by atoms with Crippen LogP contribution in [0, 0.1) is 12.7 Å². The second kappa shape index (κ2) is 7.61. The van der Waals surface area contributed by atoms with E-state index in [1.165, 1.54) is 6.20 Å². The van der Waals surface area contributed by atoms with Crippen LogP contribution in [0.15, 0.2) is 42.7 Å². The molecule has 0 unspecified atom stereocenters. The first-order chi connectivity index (χ1) is 15.0. The van der Waals surface area contributed by atoms with Gasteiger partial charge in [0.05, 0.1) is 11.9 Å². The van der Waals surface area contributed by atoms with Crippen LogP contribution in [0.4, 0.5) is 21.8 Å². The molecule has 0 radical (unpaired) electrons. The van der Waals surface area contributed by atoms with Crippen LogP contribution in [0.5, 0.6) is 0 Å². The molecule has 0 amide bonds. The smallest absolute Gasteiger partial charge is 0.326 e. The summed E-state index contributed by atoms with van der Waals surface area (Å²) in [5, 5.41) is 12.4. The predicted molar refractivity (Wildman–Crippen MR) is 115 cm³/mol. The lowest BCUT2D eigenvalue weighted by atomic mass is 10.0. The molecule has 1 aliphatic carbocycles.